The number of amides is 4. The van der Waals surface area contributed by atoms with Crippen LogP contribution in [0.5, 0.6) is 0 Å². The Kier molecular flexibility index (Phi) is 10.5. The van der Waals surface area contributed by atoms with Crippen LogP contribution in [0.25, 0.3) is 0 Å². The molecule has 9 heteroatoms. The summed E-state index contributed by atoms with van der Waals surface area (Å²) in [7, 11) is 0. The van der Waals surface area contributed by atoms with Gasteiger partial charge in [-0.15, -0.1) is 0 Å². The second-order valence-corrected chi connectivity index (χ2v) is 9.81. The predicted molar refractivity (Wildman–Crippen MR) is 157 cm³/mol. The molecule has 0 aliphatic carbocycles. The van der Waals surface area contributed by atoms with Crippen molar-refractivity contribution in [2.45, 2.75) is 38.6 Å². The minimum atomic E-state index is -0.578. The Hall–Kier alpha value is -4.66. The monoisotopic (exact) mass is 556 g/mol. The number of anilines is 2. The summed E-state index contributed by atoms with van der Waals surface area (Å²) >= 11 is 0. The third kappa shape index (κ3) is 8.41. The van der Waals surface area contributed by atoms with Crippen LogP contribution in [0, 0.1) is 0 Å². The average Bonchev–Trinajstić information content (AvgIpc) is 2.99. The van der Waals surface area contributed by atoms with E-state index in [1.165, 1.54) is 4.90 Å². The van der Waals surface area contributed by atoms with E-state index in [0.29, 0.717) is 30.1 Å². The topological polar surface area (TPSA) is 108 Å². The zero-order chi connectivity index (χ0) is 29.0. The fourth-order valence-corrected chi connectivity index (χ4v) is 4.97. The van der Waals surface area contributed by atoms with Crippen molar-refractivity contribution in [3.63, 3.8) is 0 Å². The summed E-state index contributed by atoms with van der Waals surface area (Å²) in [6.07, 6.45) is 2.91. The molecule has 1 atom stereocenters. The van der Waals surface area contributed by atoms with Gasteiger partial charge in [0.15, 0.2) is 0 Å². The van der Waals surface area contributed by atoms with Gasteiger partial charge in [-0.05, 0) is 61.6 Å². The molecular weight excluding hydrogens is 520 g/mol. The van der Waals surface area contributed by atoms with E-state index in [1.807, 2.05) is 41.3 Å². The number of hydrogen-bond donors (Lipinski definition) is 2. The van der Waals surface area contributed by atoms with Crippen LogP contribution in [0.15, 0.2) is 84.9 Å². The molecule has 0 radical (unpaired) electrons. The van der Waals surface area contributed by atoms with Gasteiger partial charge in [-0.3, -0.25) is 14.4 Å². The van der Waals surface area contributed by atoms with Crippen molar-refractivity contribution in [1.82, 2.24) is 10.2 Å². The van der Waals surface area contributed by atoms with E-state index in [4.69, 9.17) is 4.74 Å². The zero-order valence-electron chi connectivity index (χ0n) is 23.3. The SMILES string of the molecule is CCOC(=O)Cc1cccc(NC(=O)NCC(=O)N(CC(=O)N2CCCCC2c2ccccc2)c2ccccc2)c1. The molecule has 1 fully saturated rings. The maximum absolute atomic E-state index is 13.6. The highest BCUT2D eigenvalue weighted by Crippen LogP contribution is 2.31. The lowest BCUT2D eigenvalue weighted by Crippen LogP contribution is -2.48. The minimum Gasteiger partial charge on any atom is -0.466 e. The number of nitrogens with one attached hydrogen (secondary N) is 2. The van der Waals surface area contributed by atoms with E-state index in [1.54, 1.807) is 55.5 Å². The van der Waals surface area contributed by atoms with Gasteiger partial charge in [0.2, 0.25) is 11.8 Å². The number of hydrogen-bond acceptors (Lipinski definition) is 5. The van der Waals surface area contributed by atoms with Crippen molar-refractivity contribution in [1.29, 1.82) is 0 Å². The van der Waals surface area contributed by atoms with Crippen LogP contribution in [-0.2, 0) is 25.5 Å². The molecule has 4 rings (SSSR count). The molecule has 0 spiro atoms. The molecule has 214 valence electrons. The molecule has 1 aliphatic heterocycles. The number of likely N-dealkylation sites (tertiary alicyclic amines) is 1. The molecule has 1 unspecified atom stereocenters. The molecule has 1 aliphatic rings. The summed E-state index contributed by atoms with van der Waals surface area (Å²) in [6.45, 7) is 2.23. The lowest BCUT2D eigenvalue weighted by molar-refractivity contribution is -0.142. The van der Waals surface area contributed by atoms with Crippen LogP contribution in [0.3, 0.4) is 0 Å². The number of esters is 1. The molecule has 3 aromatic carbocycles. The summed E-state index contributed by atoms with van der Waals surface area (Å²) in [6, 6.07) is 25.2. The van der Waals surface area contributed by atoms with Gasteiger partial charge in [-0.2, -0.15) is 0 Å². The summed E-state index contributed by atoms with van der Waals surface area (Å²) < 4.78 is 4.98. The van der Waals surface area contributed by atoms with Crippen LogP contribution in [-0.4, -0.2) is 55.0 Å². The fourth-order valence-electron chi connectivity index (χ4n) is 4.97. The molecule has 9 nitrogen and oxygen atoms in total. The Labute approximate surface area is 240 Å². The standard InChI is InChI=1S/C32H36N4O5/c1-2-41-31(39)21-24-12-11-15-26(20-24)34-32(40)33-22-29(37)36(27-16-7-4-8-17-27)23-30(38)35-19-10-9-18-28(35)25-13-5-3-6-14-25/h3-8,11-17,20,28H,2,9-10,18-19,21-23H2,1H3,(H2,33,34,40). The lowest BCUT2D eigenvalue weighted by atomic mass is 9.95. The number of carbonyl (C=O) groups excluding carboxylic acids is 4. The van der Waals surface area contributed by atoms with Gasteiger partial charge in [-0.1, -0.05) is 60.7 Å². The molecule has 0 bridgehead atoms. The zero-order valence-corrected chi connectivity index (χ0v) is 23.3. The van der Waals surface area contributed by atoms with E-state index in [9.17, 15) is 19.2 Å². The smallest absolute Gasteiger partial charge is 0.319 e. The van der Waals surface area contributed by atoms with Gasteiger partial charge in [-0.25, -0.2) is 4.79 Å². The molecule has 0 aromatic heterocycles. The van der Waals surface area contributed by atoms with Gasteiger partial charge in [0.1, 0.15) is 6.54 Å². The molecule has 1 heterocycles. The Morgan fingerprint density at radius 2 is 1.66 bits per heavy atom. The summed E-state index contributed by atoms with van der Waals surface area (Å²) in [5.74, 6) is -0.905. The molecule has 0 saturated carbocycles. The van der Waals surface area contributed by atoms with E-state index in [0.717, 1.165) is 24.8 Å². The molecule has 4 amide bonds. The quantitative estimate of drug-likeness (QED) is 0.352. The summed E-state index contributed by atoms with van der Waals surface area (Å²) in [5.41, 5.74) is 2.83. The first kappa shape index (κ1) is 29.3. The third-order valence-electron chi connectivity index (χ3n) is 6.91. The molecule has 2 N–H and O–H groups in total. The number of para-hydroxylation sites is 1. The van der Waals surface area contributed by atoms with Gasteiger partial charge < -0.3 is 25.2 Å². The van der Waals surface area contributed by atoms with Gasteiger partial charge in [0.25, 0.3) is 0 Å². The van der Waals surface area contributed by atoms with E-state index in [2.05, 4.69) is 10.6 Å². The Balaban J connectivity index is 1.40. The average molecular weight is 557 g/mol. The Morgan fingerprint density at radius 1 is 0.927 bits per heavy atom. The number of urea groups is 1. The molecule has 41 heavy (non-hydrogen) atoms. The van der Waals surface area contributed by atoms with Crippen molar-refractivity contribution in [3.05, 3.63) is 96.1 Å². The highest BCUT2D eigenvalue weighted by atomic mass is 16.5. The van der Waals surface area contributed by atoms with E-state index < -0.39 is 11.9 Å². The molecule has 3 aromatic rings. The van der Waals surface area contributed by atoms with Crippen LogP contribution in [0.2, 0.25) is 0 Å². The van der Waals surface area contributed by atoms with Crippen molar-refractivity contribution in [3.8, 4) is 0 Å². The van der Waals surface area contributed by atoms with Gasteiger partial charge in [0, 0.05) is 17.9 Å². The first-order chi connectivity index (χ1) is 19.9. The van der Waals surface area contributed by atoms with Crippen molar-refractivity contribution in [2.75, 3.05) is 36.5 Å². The third-order valence-corrected chi connectivity index (χ3v) is 6.91. The largest absolute Gasteiger partial charge is 0.466 e. The van der Waals surface area contributed by atoms with Crippen molar-refractivity contribution in [2.24, 2.45) is 0 Å². The number of ether oxygens (including phenoxy) is 1. The number of piperidine rings is 1. The van der Waals surface area contributed by atoms with Crippen LogP contribution >= 0.6 is 0 Å². The van der Waals surface area contributed by atoms with Crippen molar-refractivity contribution >= 4 is 35.2 Å². The van der Waals surface area contributed by atoms with E-state index in [-0.39, 0.29) is 37.4 Å². The first-order valence-electron chi connectivity index (χ1n) is 13.9. The number of rotatable bonds is 10. The Morgan fingerprint density at radius 3 is 2.39 bits per heavy atom. The van der Waals surface area contributed by atoms with Gasteiger partial charge in [0.05, 0.1) is 25.6 Å². The van der Waals surface area contributed by atoms with Crippen LogP contribution in [0.4, 0.5) is 16.2 Å². The van der Waals surface area contributed by atoms with E-state index >= 15 is 0 Å². The maximum Gasteiger partial charge on any atom is 0.319 e. The highest BCUT2D eigenvalue weighted by Gasteiger charge is 2.30. The van der Waals surface area contributed by atoms with Crippen LogP contribution < -0.4 is 15.5 Å². The summed E-state index contributed by atoms with van der Waals surface area (Å²) in [5, 5.41) is 5.28. The normalized spacial score (nSPS) is 14.6. The minimum absolute atomic E-state index is 0.0336. The first-order valence-corrected chi connectivity index (χ1v) is 13.9. The predicted octanol–water partition coefficient (Wildman–Crippen LogP) is 4.70. The van der Waals surface area contributed by atoms with Crippen molar-refractivity contribution < 1.29 is 23.9 Å². The number of benzene rings is 3. The number of carbonyl (C=O) groups is 4. The second-order valence-electron chi connectivity index (χ2n) is 9.81. The molecular formula is C32H36N4O5. The second kappa shape index (κ2) is 14.6. The maximum atomic E-state index is 13.6. The van der Waals surface area contributed by atoms with Gasteiger partial charge >= 0.3 is 12.0 Å². The Bertz CT molecular complexity index is 1330. The number of nitrogens with zero attached hydrogens (tertiary/aromatic N) is 2. The van der Waals surface area contributed by atoms with Crippen LogP contribution in [0.1, 0.15) is 43.4 Å². The molecule has 1 saturated heterocycles. The lowest BCUT2D eigenvalue weighted by Gasteiger charge is -2.37. The highest BCUT2D eigenvalue weighted by molar-refractivity contribution is 6.02. The fraction of sp³-hybridized carbons (Fsp3) is 0.312. The summed E-state index contributed by atoms with van der Waals surface area (Å²) in [4.78, 5) is 54.7.